The molecule has 1 saturated heterocycles. The first-order valence-electron chi connectivity index (χ1n) is 10.3. The van der Waals surface area contributed by atoms with Gasteiger partial charge in [-0.25, -0.2) is 0 Å². The molecule has 5 atom stereocenters. The average Bonchev–Trinajstić information content (AvgIpc) is 3.52. The highest BCUT2D eigenvalue weighted by molar-refractivity contribution is 7.15. The predicted molar refractivity (Wildman–Crippen MR) is 111 cm³/mol. The van der Waals surface area contributed by atoms with Gasteiger partial charge in [0.05, 0.1) is 11.8 Å². The summed E-state index contributed by atoms with van der Waals surface area (Å²) in [5, 5.41) is 12.0. The fraction of sp³-hybridized carbons (Fsp3) is 0.409. The second-order valence-corrected chi connectivity index (χ2v) is 9.16. The lowest BCUT2D eigenvalue weighted by Gasteiger charge is -2.26. The third kappa shape index (κ3) is 3.06. The maximum absolute atomic E-state index is 13.3. The van der Waals surface area contributed by atoms with E-state index in [1.807, 2.05) is 37.3 Å². The molecule has 30 heavy (non-hydrogen) atoms. The summed E-state index contributed by atoms with van der Waals surface area (Å²) < 4.78 is 0. The van der Waals surface area contributed by atoms with E-state index >= 15 is 0 Å². The van der Waals surface area contributed by atoms with Crippen LogP contribution in [0.3, 0.4) is 0 Å². The molecule has 0 unspecified atom stereocenters. The van der Waals surface area contributed by atoms with Crippen LogP contribution >= 0.6 is 11.3 Å². The van der Waals surface area contributed by atoms with Crippen LogP contribution in [0.1, 0.15) is 23.9 Å². The SMILES string of the molecule is CCc1nnc(NC(=O)[C@H](Cc2ccccc2)N2C(=O)[C@@H]3[C@@H](C2=O)[C@H]2C=C[C@H]3C2)s1. The van der Waals surface area contributed by atoms with Gasteiger partial charge in [0.15, 0.2) is 0 Å². The zero-order chi connectivity index (χ0) is 20.8. The number of aromatic nitrogens is 2. The van der Waals surface area contributed by atoms with E-state index in [1.165, 1.54) is 16.2 Å². The number of amides is 3. The van der Waals surface area contributed by atoms with Gasteiger partial charge in [0.1, 0.15) is 11.0 Å². The van der Waals surface area contributed by atoms with Crippen LogP contribution in [0.4, 0.5) is 5.13 Å². The van der Waals surface area contributed by atoms with Crippen LogP contribution in [0.15, 0.2) is 42.5 Å². The zero-order valence-corrected chi connectivity index (χ0v) is 17.3. The highest BCUT2D eigenvalue weighted by Crippen LogP contribution is 2.53. The number of imide groups is 1. The monoisotopic (exact) mass is 422 g/mol. The first-order chi connectivity index (χ1) is 14.6. The lowest BCUT2D eigenvalue weighted by Crippen LogP contribution is -2.49. The highest BCUT2D eigenvalue weighted by atomic mass is 32.1. The van der Waals surface area contributed by atoms with E-state index in [1.54, 1.807) is 0 Å². The predicted octanol–water partition coefficient (Wildman–Crippen LogP) is 2.46. The van der Waals surface area contributed by atoms with Gasteiger partial charge in [-0.05, 0) is 30.2 Å². The Morgan fingerprint density at radius 3 is 2.40 bits per heavy atom. The van der Waals surface area contributed by atoms with Crippen LogP contribution in [0.5, 0.6) is 0 Å². The maximum Gasteiger partial charge on any atom is 0.249 e. The summed E-state index contributed by atoms with van der Waals surface area (Å²) in [5.41, 5.74) is 0.892. The van der Waals surface area contributed by atoms with Crippen molar-refractivity contribution in [1.82, 2.24) is 15.1 Å². The molecular weight excluding hydrogens is 400 g/mol. The molecule has 2 heterocycles. The Morgan fingerprint density at radius 1 is 1.13 bits per heavy atom. The minimum absolute atomic E-state index is 0.108. The lowest BCUT2D eigenvalue weighted by atomic mass is 9.85. The second kappa shape index (κ2) is 7.43. The fourth-order valence-corrected chi connectivity index (χ4v) is 5.69. The van der Waals surface area contributed by atoms with Gasteiger partial charge in [0, 0.05) is 6.42 Å². The number of aryl methyl sites for hydroxylation is 1. The highest BCUT2D eigenvalue weighted by Gasteiger charge is 2.61. The van der Waals surface area contributed by atoms with Crippen LogP contribution < -0.4 is 5.32 Å². The third-order valence-corrected chi connectivity index (χ3v) is 7.37. The Kier molecular flexibility index (Phi) is 4.73. The van der Waals surface area contributed by atoms with E-state index in [4.69, 9.17) is 0 Å². The molecule has 1 aromatic heterocycles. The molecule has 2 fully saturated rings. The van der Waals surface area contributed by atoms with Crippen molar-refractivity contribution in [3.8, 4) is 0 Å². The van der Waals surface area contributed by atoms with E-state index in [0.29, 0.717) is 5.13 Å². The third-order valence-electron chi connectivity index (χ3n) is 6.39. The number of nitrogens with one attached hydrogen (secondary N) is 1. The van der Waals surface area contributed by atoms with Gasteiger partial charge in [-0.1, -0.05) is 60.7 Å². The molecule has 1 N–H and O–H groups in total. The maximum atomic E-state index is 13.3. The molecule has 7 nitrogen and oxygen atoms in total. The zero-order valence-electron chi connectivity index (χ0n) is 16.5. The number of anilines is 1. The molecule has 0 spiro atoms. The van der Waals surface area contributed by atoms with Crippen LogP contribution in [0.2, 0.25) is 0 Å². The fourth-order valence-electron chi connectivity index (χ4n) is 5.01. The summed E-state index contributed by atoms with van der Waals surface area (Å²) >= 11 is 1.30. The number of benzene rings is 1. The van der Waals surface area contributed by atoms with Gasteiger partial charge in [0.25, 0.3) is 0 Å². The molecule has 3 amide bonds. The first-order valence-corrected chi connectivity index (χ1v) is 11.1. The first kappa shape index (κ1) is 19.1. The molecule has 3 aliphatic rings. The van der Waals surface area contributed by atoms with Crippen LogP contribution in [-0.2, 0) is 27.2 Å². The van der Waals surface area contributed by atoms with E-state index in [-0.39, 0.29) is 41.9 Å². The van der Waals surface area contributed by atoms with E-state index in [9.17, 15) is 14.4 Å². The summed E-state index contributed by atoms with van der Waals surface area (Å²) in [7, 11) is 0. The summed E-state index contributed by atoms with van der Waals surface area (Å²) in [6.07, 6.45) is 5.97. The molecule has 154 valence electrons. The van der Waals surface area contributed by atoms with E-state index in [0.717, 1.165) is 23.4 Å². The molecule has 2 aliphatic carbocycles. The normalized spacial score (nSPS) is 27.6. The number of hydrogen-bond donors (Lipinski definition) is 1. The molecule has 8 heteroatoms. The Bertz CT molecular complexity index is 1000. The molecule has 2 aromatic rings. The Balaban J connectivity index is 1.44. The van der Waals surface area contributed by atoms with Crippen LogP contribution in [-0.4, -0.2) is 38.9 Å². The minimum atomic E-state index is -0.911. The van der Waals surface area contributed by atoms with Gasteiger partial charge >= 0.3 is 0 Å². The average molecular weight is 423 g/mol. The van der Waals surface area contributed by atoms with Crippen molar-refractivity contribution in [3.63, 3.8) is 0 Å². The molecule has 2 bridgehead atoms. The lowest BCUT2D eigenvalue weighted by molar-refractivity contribution is -0.147. The van der Waals surface area contributed by atoms with Crippen LogP contribution in [0.25, 0.3) is 0 Å². The Hall–Kier alpha value is -2.87. The standard InChI is InChI=1S/C22H22N4O3S/c1-2-16-24-25-22(30-16)23-19(27)15(10-12-6-4-3-5-7-12)26-20(28)17-13-8-9-14(11-13)18(17)21(26)29/h3-9,13-15,17-18H,2,10-11H2,1H3,(H,23,25,27)/t13-,14-,15-,17-,18-/m0/s1. The molecule has 0 radical (unpaired) electrons. The molecular formula is C22H22N4O3S. The van der Waals surface area contributed by atoms with Crippen LogP contribution in [0, 0.1) is 23.7 Å². The van der Waals surface area contributed by atoms with Gasteiger partial charge in [-0.15, -0.1) is 10.2 Å². The number of fused-ring (bicyclic) bond motifs is 5. The number of nitrogens with zero attached hydrogens (tertiary/aromatic N) is 3. The number of rotatable bonds is 6. The van der Waals surface area contributed by atoms with E-state index < -0.39 is 11.9 Å². The quantitative estimate of drug-likeness (QED) is 0.570. The summed E-state index contributed by atoms with van der Waals surface area (Å²) in [5.74, 6) is -1.28. The van der Waals surface area contributed by atoms with Crippen molar-refractivity contribution < 1.29 is 14.4 Å². The molecule has 1 aliphatic heterocycles. The van der Waals surface area contributed by atoms with Crippen molar-refractivity contribution in [2.45, 2.75) is 32.2 Å². The minimum Gasteiger partial charge on any atom is -0.299 e. The summed E-state index contributed by atoms with van der Waals surface area (Å²) in [6.45, 7) is 1.97. The van der Waals surface area contributed by atoms with Crippen molar-refractivity contribution in [2.75, 3.05) is 5.32 Å². The van der Waals surface area contributed by atoms with Gasteiger partial charge in [0.2, 0.25) is 22.9 Å². The summed E-state index contributed by atoms with van der Waals surface area (Å²) in [6, 6.07) is 8.55. The second-order valence-electron chi connectivity index (χ2n) is 8.10. The number of likely N-dealkylation sites (tertiary alicyclic amines) is 1. The molecule has 5 rings (SSSR count). The molecule has 1 aromatic carbocycles. The van der Waals surface area contributed by atoms with Crippen molar-refractivity contribution >= 4 is 34.2 Å². The Morgan fingerprint density at radius 2 is 1.80 bits per heavy atom. The number of allylic oxidation sites excluding steroid dienone is 2. The van der Waals surface area contributed by atoms with E-state index in [2.05, 4.69) is 27.7 Å². The Labute approximate surface area is 178 Å². The van der Waals surface area contributed by atoms with Crippen molar-refractivity contribution in [2.24, 2.45) is 23.7 Å². The topological polar surface area (TPSA) is 92.3 Å². The molecule has 1 saturated carbocycles. The summed E-state index contributed by atoms with van der Waals surface area (Å²) in [4.78, 5) is 41.1. The number of hydrogen-bond acceptors (Lipinski definition) is 6. The number of carbonyl (C=O) groups is 3. The smallest absolute Gasteiger partial charge is 0.249 e. The van der Waals surface area contributed by atoms with Crippen molar-refractivity contribution in [3.05, 3.63) is 53.1 Å². The van der Waals surface area contributed by atoms with Gasteiger partial charge < -0.3 is 0 Å². The number of carbonyl (C=O) groups excluding carboxylic acids is 3. The van der Waals surface area contributed by atoms with Crippen molar-refractivity contribution in [1.29, 1.82) is 0 Å². The van der Waals surface area contributed by atoms with Gasteiger partial charge in [-0.2, -0.15) is 0 Å². The van der Waals surface area contributed by atoms with Gasteiger partial charge in [-0.3, -0.25) is 24.6 Å². The largest absolute Gasteiger partial charge is 0.299 e.